The Kier molecular flexibility index (Phi) is 9.86. The van der Waals surface area contributed by atoms with Crippen LogP contribution >= 0.6 is 49.9 Å². The first-order valence-corrected chi connectivity index (χ1v) is 17.1. The van der Waals surface area contributed by atoms with Crippen LogP contribution in [0.1, 0.15) is 35.2 Å². The van der Waals surface area contributed by atoms with Gasteiger partial charge in [0.25, 0.3) is 5.56 Å². The van der Waals surface area contributed by atoms with Gasteiger partial charge < -0.3 is 14.2 Å². The van der Waals surface area contributed by atoms with E-state index in [4.69, 9.17) is 19.2 Å². The van der Waals surface area contributed by atoms with Gasteiger partial charge in [-0.25, -0.2) is 9.79 Å². The number of ether oxygens (including phenoxy) is 3. The molecule has 7 nitrogen and oxygen atoms in total. The van der Waals surface area contributed by atoms with Crippen molar-refractivity contribution in [1.29, 1.82) is 0 Å². The average molecular weight is 808 g/mol. The van der Waals surface area contributed by atoms with Gasteiger partial charge in [0.15, 0.2) is 16.3 Å². The minimum atomic E-state index is -0.724. The fraction of sp³-hybridized carbons (Fsp3) is 0.139. The highest BCUT2D eigenvalue weighted by Crippen LogP contribution is 2.36. The van der Waals surface area contributed by atoms with Crippen LogP contribution in [-0.4, -0.2) is 24.3 Å². The summed E-state index contributed by atoms with van der Waals surface area (Å²) in [6.07, 6.45) is 1.82. The molecule has 2 heterocycles. The van der Waals surface area contributed by atoms with E-state index in [9.17, 15) is 9.59 Å². The second kappa shape index (κ2) is 14.2. The largest absolute Gasteiger partial charge is 0.493 e. The van der Waals surface area contributed by atoms with Gasteiger partial charge in [-0.3, -0.25) is 9.36 Å². The SMILES string of the molecule is CCOC(=O)C1=C(c2ccccc2)N=c2s/c(=C\c3cc(I)c(OCc4ccc(Br)cc4)c(OC)c3)c(=O)n2[C@@H]1c1ccccc1. The van der Waals surface area contributed by atoms with Gasteiger partial charge in [0, 0.05) is 10.0 Å². The lowest BCUT2D eigenvalue weighted by Gasteiger charge is -2.25. The summed E-state index contributed by atoms with van der Waals surface area (Å²) in [5.41, 5.74) is 3.90. The van der Waals surface area contributed by atoms with Crippen molar-refractivity contribution < 1.29 is 19.0 Å². The van der Waals surface area contributed by atoms with Gasteiger partial charge in [0.2, 0.25) is 0 Å². The van der Waals surface area contributed by atoms with Gasteiger partial charge >= 0.3 is 5.97 Å². The molecule has 1 aliphatic rings. The van der Waals surface area contributed by atoms with Gasteiger partial charge in [-0.1, -0.05) is 100 Å². The molecule has 4 aromatic carbocycles. The van der Waals surface area contributed by atoms with E-state index in [1.807, 2.05) is 103 Å². The maximum absolute atomic E-state index is 14.2. The number of benzene rings is 4. The molecule has 0 amide bonds. The third-order valence-electron chi connectivity index (χ3n) is 7.33. The van der Waals surface area contributed by atoms with Crippen LogP contribution in [0.25, 0.3) is 11.8 Å². The Morgan fingerprint density at radius 3 is 2.39 bits per heavy atom. The quantitative estimate of drug-likeness (QED) is 0.120. The molecule has 1 atom stereocenters. The molecule has 0 bridgehead atoms. The number of halogens is 2. The van der Waals surface area contributed by atoms with Gasteiger partial charge in [-0.15, -0.1) is 0 Å². The minimum absolute atomic E-state index is 0.194. The summed E-state index contributed by atoms with van der Waals surface area (Å²) >= 11 is 6.96. The molecule has 1 aromatic heterocycles. The molecule has 0 unspecified atom stereocenters. The molecule has 46 heavy (non-hydrogen) atoms. The zero-order chi connectivity index (χ0) is 32.2. The second-order valence-corrected chi connectivity index (χ2v) is 13.4. The maximum atomic E-state index is 14.2. The maximum Gasteiger partial charge on any atom is 0.338 e. The summed E-state index contributed by atoms with van der Waals surface area (Å²) in [6.45, 7) is 2.34. The van der Waals surface area contributed by atoms with Crippen molar-refractivity contribution in [3.63, 3.8) is 0 Å². The first-order chi connectivity index (χ1) is 22.4. The summed E-state index contributed by atoms with van der Waals surface area (Å²) in [6, 6.07) is 30.0. The Morgan fingerprint density at radius 1 is 1.02 bits per heavy atom. The van der Waals surface area contributed by atoms with E-state index < -0.39 is 12.0 Å². The molecule has 0 N–H and O–H groups in total. The molecule has 0 saturated heterocycles. The smallest absolute Gasteiger partial charge is 0.338 e. The Bertz CT molecular complexity index is 2110. The van der Waals surface area contributed by atoms with Crippen LogP contribution in [-0.2, 0) is 16.1 Å². The molecule has 0 radical (unpaired) electrons. The van der Waals surface area contributed by atoms with Crippen LogP contribution in [0.3, 0.4) is 0 Å². The number of hydrogen-bond acceptors (Lipinski definition) is 7. The van der Waals surface area contributed by atoms with E-state index in [-0.39, 0.29) is 12.2 Å². The lowest BCUT2D eigenvalue weighted by Crippen LogP contribution is -2.40. The number of fused-ring (bicyclic) bond motifs is 1. The molecule has 0 aliphatic carbocycles. The molecule has 0 saturated carbocycles. The highest BCUT2D eigenvalue weighted by Gasteiger charge is 2.35. The van der Waals surface area contributed by atoms with Crippen molar-refractivity contribution in [1.82, 2.24) is 4.57 Å². The lowest BCUT2D eigenvalue weighted by atomic mass is 9.93. The molecule has 0 fully saturated rings. The molecule has 5 aromatic rings. The lowest BCUT2D eigenvalue weighted by molar-refractivity contribution is -0.138. The Hall–Kier alpha value is -4.00. The molecule has 6 rings (SSSR count). The highest BCUT2D eigenvalue weighted by atomic mass is 127. The van der Waals surface area contributed by atoms with Crippen LogP contribution in [0.5, 0.6) is 11.5 Å². The second-order valence-electron chi connectivity index (χ2n) is 10.3. The number of thiazole rings is 1. The van der Waals surface area contributed by atoms with E-state index in [1.54, 1.807) is 18.6 Å². The first-order valence-electron chi connectivity index (χ1n) is 14.5. The van der Waals surface area contributed by atoms with Crippen molar-refractivity contribution in [2.75, 3.05) is 13.7 Å². The Balaban J connectivity index is 1.48. The van der Waals surface area contributed by atoms with Crippen molar-refractivity contribution in [3.05, 3.63) is 153 Å². The van der Waals surface area contributed by atoms with E-state index in [2.05, 4.69) is 38.5 Å². The minimum Gasteiger partial charge on any atom is -0.493 e. The van der Waals surface area contributed by atoms with E-state index >= 15 is 0 Å². The standard InChI is InChI=1S/C36H28BrIN2O5S/c1-3-44-35(42)30-31(24-10-6-4-7-11-24)39-36-40(32(30)25-12-8-5-9-13-25)34(41)29(46-36)20-23-18-27(38)33(28(19-23)43-2)45-21-22-14-16-26(37)17-15-22/h4-20,32H,3,21H2,1-2H3/b29-20-/t32-/m1/s1. The topological polar surface area (TPSA) is 79.1 Å². The van der Waals surface area contributed by atoms with Crippen LogP contribution in [0.4, 0.5) is 0 Å². The highest BCUT2D eigenvalue weighted by molar-refractivity contribution is 14.1. The number of nitrogens with zero attached hydrogens (tertiary/aromatic N) is 2. The van der Waals surface area contributed by atoms with Crippen LogP contribution < -0.4 is 24.4 Å². The number of carbonyl (C=O) groups excluding carboxylic acids is 1. The third kappa shape index (κ3) is 6.60. The summed E-state index contributed by atoms with van der Waals surface area (Å²) in [7, 11) is 1.59. The van der Waals surface area contributed by atoms with Crippen molar-refractivity contribution >= 4 is 67.6 Å². The normalized spacial score (nSPS) is 14.4. The van der Waals surface area contributed by atoms with Crippen molar-refractivity contribution in [2.24, 2.45) is 4.99 Å². The van der Waals surface area contributed by atoms with E-state index in [0.717, 1.165) is 30.3 Å². The Morgan fingerprint density at radius 2 is 1.72 bits per heavy atom. The summed E-state index contributed by atoms with van der Waals surface area (Å²) in [5.74, 6) is 0.674. The number of aromatic nitrogens is 1. The van der Waals surface area contributed by atoms with Crippen molar-refractivity contribution in [2.45, 2.75) is 19.6 Å². The first kappa shape index (κ1) is 32.0. The molecule has 232 valence electrons. The summed E-state index contributed by atoms with van der Waals surface area (Å²) in [5, 5.41) is 0. The number of hydrogen-bond donors (Lipinski definition) is 0. The van der Waals surface area contributed by atoms with Crippen LogP contribution in [0.15, 0.2) is 117 Å². The van der Waals surface area contributed by atoms with Gasteiger partial charge in [0.05, 0.1) is 39.1 Å². The monoisotopic (exact) mass is 806 g/mol. The van der Waals surface area contributed by atoms with Gasteiger partial charge in [0.1, 0.15) is 6.61 Å². The zero-order valence-electron chi connectivity index (χ0n) is 24.9. The molecular weight excluding hydrogens is 779 g/mol. The predicted octanol–water partition coefficient (Wildman–Crippen LogP) is 6.89. The summed E-state index contributed by atoms with van der Waals surface area (Å²) in [4.78, 5) is 33.2. The summed E-state index contributed by atoms with van der Waals surface area (Å²) < 4.78 is 21.3. The predicted molar refractivity (Wildman–Crippen MR) is 192 cm³/mol. The zero-order valence-corrected chi connectivity index (χ0v) is 29.5. The number of carbonyl (C=O) groups is 1. The van der Waals surface area contributed by atoms with Crippen LogP contribution in [0, 0.1) is 3.57 Å². The van der Waals surface area contributed by atoms with Gasteiger partial charge in [-0.05, 0) is 76.5 Å². The Labute approximate surface area is 291 Å². The number of rotatable bonds is 9. The third-order valence-corrected chi connectivity index (χ3v) is 9.65. The number of methoxy groups -OCH3 is 1. The average Bonchev–Trinajstić information content (AvgIpc) is 3.38. The fourth-order valence-corrected chi connectivity index (χ4v) is 7.29. The molecule has 1 aliphatic heterocycles. The van der Waals surface area contributed by atoms with Crippen molar-refractivity contribution in [3.8, 4) is 11.5 Å². The fourth-order valence-electron chi connectivity index (χ4n) is 5.24. The van der Waals surface area contributed by atoms with Gasteiger partial charge in [-0.2, -0.15) is 0 Å². The molecule has 10 heteroatoms. The van der Waals surface area contributed by atoms with Crippen LogP contribution in [0.2, 0.25) is 0 Å². The van der Waals surface area contributed by atoms with E-state index in [1.165, 1.54) is 11.3 Å². The molecular formula is C36H28BrIN2O5S. The van der Waals surface area contributed by atoms with E-state index in [0.29, 0.717) is 38.7 Å². The molecule has 0 spiro atoms. The number of esters is 1.